The number of carbonyl (C=O) groups excluding carboxylic acids is 2. The summed E-state index contributed by atoms with van der Waals surface area (Å²) < 4.78 is 5.08. The molecule has 0 aromatic carbocycles. The van der Waals surface area contributed by atoms with Gasteiger partial charge in [-0.05, 0) is 37.8 Å². The number of amides is 2. The minimum Gasteiger partial charge on any atom is -0.459 e. The van der Waals surface area contributed by atoms with Crippen LogP contribution in [0.2, 0.25) is 0 Å². The number of hydrogen-bond donors (Lipinski definition) is 1. The SMILES string of the molecule is CCC(CC)C(=O)N1CCC(NC(=O)c2ccco2)CC1. The van der Waals surface area contributed by atoms with Gasteiger partial charge in [0.1, 0.15) is 0 Å². The van der Waals surface area contributed by atoms with Crippen LogP contribution in [-0.2, 0) is 4.79 Å². The fourth-order valence-corrected chi connectivity index (χ4v) is 2.80. The summed E-state index contributed by atoms with van der Waals surface area (Å²) in [6.07, 6.45) is 4.89. The van der Waals surface area contributed by atoms with E-state index in [0.29, 0.717) is 5.76 Å². The molecule has 116 valence electrons. The van der Waals surface area contributed by atoms with Crippen LogP contribution >= 0.6 is 0 Å². The highest BCUT2D eigenvalue weighted by Crippen LogP contribution is 2.17. The molecule has 0 saturated carbocycles. The zero-order valence-electron chi connectivity index (χ0n) is 12.8. The standard InChI is InChI=1S/C16H24N2O3/c1-3-12(4-2)16(20)18-9-7-13(8-10-18)17-15(19)14-6-5-11-21-14/h5-6,11-13H,3-4,7-10H2,1-2H3,(H,17,19). The second-order valence-electron chi connectivity index (χ2n) is 5.56. The molecule has 2 amide bonds. The van der Waals surface area contributed by atoms with Gasteiger partial charge in [0.2, 0.25) is 5.91 Å². The summed E-state index contributed by atoms with van der Waals surface area (Å²) in [5.74, 6) is 0.561. The molecule has 1 aromatic heterocycles. The Kier molecular flexibility index (Phi) is 5.42. The number of nitrogens with one attached hydrogen (secondary N) is 1. The molecule has 0 aliphatic carbocycles. The number of hydrogen-bond acceptors (Lipinski definition) is 3. The minimum atomic E-state index is -0.176. The molecule has 1 aliphatic heterocycles. The zero-order valence-corrected chi connectivity index (χ0v) is 12.8. The van der Waals surface area contributed by atoms with E-state index in [1.165, 1.54) is 6.26 Å². The van der Waals surface area contributed by atoms with Crippen LogP contribution in [0.5, 0.6) is 0 Å². The number of rotatable bonds is 5. The van der Waals surface area contributed by atoms with Gasteiger partial charge in [-0.2, -0.15) is 0 Å². The van der Waals surface area contributed by atoms with Crippen LogP contribution < -0.4 is 5.32 Å². The van der Waals surface area contributed by atoms with Crippen LogP contribution in [0.25, 0.3) is 0 Å². The van der Waals surface area contributed by atoms with Crippen molar-refractivity contribution in [2.45, 2.75) is 45.6 Å². The molecule has 2 heterocycles. The van der Waals surface area contributed by atoms with Gasteiger partial charge in [0, 0.05) is 25.0 Å². The van der Waals surface area contributed by atoms with E-state index in [1.54, 1.807) is 12.1 Å². The first-order valence-corrected chi connectivity index (χ1v) is 7.78. The van der Waals surface area contributed by atoms with Gasteiger partial charge in [0.15, 0.2) is 5.76 Å². The zero-order chi connectivity index (χ0) is 15.2. The monoisotopic (exact) mass is 292 g/mol. The molecule has 21 heavy (non-hydrogen) atoms. The fourth-order valence-electron chi connectivity index (χ4n) is 2.80. The van der Waals surface area contributed by atoms with Crippen molar-refractivity contribution in [1.29, 1.82) is 0 Å². The van der Waals surface area contributed by atoms with Crippen molar-refractivity contribution in [2.24, 2.45) is 5.92 Å². The number of likely N-dealkylation sites (tertiary alicyclic amines) is 1. The molecule has 0 atom stereocenters. The third-order valence-corrected chi connectivity index (χ3v) is 4.22. The number of piperidine rings is 1. The average molecular weight is 292 g/mol. The third kappa shape index (κ3) is 3.86. The second kappa shape index (κ2) is 7.29. The lowest BCUT2D eigenvalue weighted by Crippen LogP contribution is -2.48. The van der Waals surface area contributed by atoms with E-state index in [9.17, 15) is 9.59 Å². The predicted octanol–water partition coefficient (Wildman–Crippen LogP) is 2.44. The summed E-state index contributed by atoms with van der Waals surface area (Å²) in [6.45, 7) is 5.56. The normalized spacial score (nSPS) is 16.2. The van der Waals surface area contributed by atoms with E-state index in [0.717, 1.165) is 38.8 Å². The van der Waals surface area contributed by atoms with Crippen molar-refractivity contribution in [2.75, 3.05) is 13.1 Å². The van der Waals surface area contributed by atoms with Crippen molar-refractivity contribution in [3.8, 4) is 0 Å². The van der Waals surface area contributed by atoms with E-state index in [4.69, 9.17) is 4.42 Å². The van der Waals surface area contributed by atoms with Gasteiger partial charge >= 0.3 is 0 Å². The van der Waals surface area contributed by atoms with Crippen LogP contribution in [0.15, 0.2) is 22.8 Å². The van der Waals surface area contributed by atoms with Crippen molar-refractivity contribution >= 4 is 11.8 Å². The highest BCUT2D eigenvalue weighted by Gasteiger charge is 2.27. The Morgan fingerprint density at radius 2 is 2.00 bits per heavy atom. The maximum Gasteiger partial charge on any atom is 0.287 e. The Balaban J connectivity index is 1.80. The molecule has 1 fully saturated rings. The summed E-state index contributed by atoms with van der Waals surface area (Å²) in [4.78, 5) is 26.1. The molecule has 1 aliphatic rings. The Hall–Kier alpha value is -1.78. The maximum absolute atomic E-state index is 12.3. The molecular weight excluding hydrogens is 268 g/mol. The lowest BCUT2D eigenvalue weighted by Gasteiger charge is -2.34. The first-order valence-electron chi connectivity index (χ1n) is 7.78. The molecule has 5 heteroatoms. The van der Waals surface area contributed by atoms with E-state index < -0.39 is 0 Å². The summed E-state index contributed by atoms with van der Waals surface area (Å²) in [6, 6.07) is 3.47. The highest BCUT2D eigenvalue weighted by atomic mass is 16.3. The molecule has 1 saturated heterocycles. The number of furan rings is 1. The Labute approximate surface area is 125 Å². The second-order valence-corrected chi connectivity index (χ2v) is 5.56. The third-order valence-electron chi connectivity index (χ3n) is 4.22. The van der Waals surface area contributed by atoms with Crippen molar-refractivity contribution < 1.29 is 14.0 Å². The lowest BCUT2D eigenvalue weighted by atomic mass is 9.98. The maximum atomic E-state index is 12.3. The molecule has 0 radical (unpaired) electrons. The molecule has 0 unspecified atom stereocenters. The van der Waals surface area contributed by atoms with Crippen molar-refractivity contribution in [3.05, 3.63) is 24.2 Å². The van der Waals surface area contributed by atoms with Gasteiger partial charge in [-0.1, -0.05) is 13.8 Å². The Bertz CT molecular complexity index is 458. The predicted molar refractivity (Wildman–Crippen MR) is 79.8 cm³/mol. The van der Waals surface area contributed by atoms with Crippen LogP contribution in [0, 0.1) is 5.92 Å². The molecule has 0 spiro atoms. The average Bonchev–Trinajstić information content (AvgIpc) is 3.03. The first-order chi connectivity index (χ1) is 10.2. The highest BCUT2D eigenvalue weighted by molar-refractivity contribution is 5.91. The van der Waals surface area contributed by atoms with Gasteiger partial charge in [0.05, 0.1) is 6.26 Å². The molecule has 0 bridgehead atoms. The molecule has 2 rings (SSSR count). The topological polar surface area (TPSA) is 62.6 Å². The molecule has 5 nitrogen and oxygen atoms in total. The van der Waals surface area contributed by atoms with Crippen LogP contribution in [0.3, 0.4) is 0 Å². The van der Waals surface area contributed by atoms with Gasteiger partial charge in [-0.15, -0.1) is 0 Å². The van der Waals surface area contributed by atoms with Crippen LogP contribution in [-0.4, -0.2) is 35.8 Å². The largest absolute Gasteiger partial charge is 0.459 e. The van der Waals surface area contributed by atoms with E-state index in [1.807, 2.05) is 4.90 Å². The Morgan fingerprint density at radius 3 is 2.52 bits per heavy atom. The summed E-state index contributed by atoms with van der Waals surface area (Å²) >= 11 is 0. The Morgan fingerprint density at radius 1 is 1.33 bits per heavy atom. The van der Waals surface area contributed by atoms with Gasteiger partial charge in [-0.3, -0.25) is 9.59 Å². The summed E-state index contributed by atoms with van der Waals surface area (Å²) in [7, 11) is 0. The summed E-state index contributed by atoms with van der Waals surface area (Å²) in [5, 5.41) is 2.97. The number of carbonyl (C=O) groups is 2. The summed E-state index contributed by atoms with van der Waals surface area (Å²) in [5.41, 5.74) is 0. The van der Waals surface area contributed by atoms with Gasteiger partial charge < -0.3 is 14.6 Å². The molecular formula is C16H24N2O3. The smallest absolute Gasteiger partial charge is 0.287 e. The molecule has 1 N–H and O–H groups in total. The van der Waals surface area contributed by atoms with Gasteiger partial charge in [-0.25, -0.2) is 0 Å². The van der Waals surface area contributed by atoms with E-state index >= 15 is 0 Å². The fraction of sp³-hybridized carbons (Fsp3) is 0.625. The lowest BCUT2D eigenvalue weighted by molar-refractivity contribution is -0.136. The molecule has 1 aromatic rings. The van der Waals surface area contributed by atoms with Gasteiger partial charge in [0.25, 0.3) is 5.91 Å². The minimum absolute atomic E-state index is 0.119. The first kappa shape index (κ1) is 15.6. The van der Waals surface area contributed by atoms with Crippen LogP contribution in [0.1, 0.15) is 50.1 Å². The van der Waals surface area contributed by atoms with Crippen LogP contribution in [0.4, 0.5) is 0 Å². The van der Waals surface area contributed by atoms with Crippen molar-refractivity contribution in [1.82, 2.24) is 10.2 Å². The van der Waals surface area contributed by atoms with E-state index in [-0.39, 0.29) is 23.8 Å². The number of nitrogens with zero attached hydrogens (tertiary/aromatic N) is 1. The van der Waals surface area contributed by atoms with Crippen molar-refractivity contribution in [3.63, 3.8) is 0 Å². The van der Waals surface area contributed by atoms with E-state index in [2.05, 4.69) is 19.2 Å². The quantitative estimate of drug-likeness (QED) is 0.906.